The molecule has 0 bridgehead atoms. The smallest absolute Gasteiger partial charge is 0.318 e. The zero-order valence-electron chi connectivity index (χ0n) is 13.2. The Kier molecular flexibility index (Phi) is 5.57. The van der Waals surface area contributed by atoms with Gasteiger partial charge in [-0.25, -0.2) is 4.79 Å². The molecule has 0 aromatic carbocycles. The van der Waals surface area contributed by atoms with Gasteiger partial charge in [0.2, 0.25) is 5.91 Å². The summed E-state index contributed by atoms with van der Waals surface area (Å²) >= 11 is 0. The van der Waals surface area contributed by atoms with Crippen molar-refractivity contribution in [3.63, 3.8) is 0 Å². The van der Waals surface area contributed by atoms with Crippen molar-refractivity contribution in [1.29, 1.82) is 0 Å². The third kappa shape index (κ3) is 3.86. The Bertz CT molecular complexity index is 424. The number of carbonyl (C=O) groups excluding carboxylic acids is 2. The highest BCUT2D eigenvalue weighted by Crippen LogP contribution is 2.35. The van der Waals surface area contributed by atoms with Crippen molar-refractivity contribution in [1.82, 2.24) is 15.1 Å². The normalized spacial score (nSPS) is 22.8. The third-order valence-electron chi connectivity index (χ3n) is 3.97. The van der Waals surface area contributed by atoms with E-state index in [0.717, 1.165) is 6.42 Å². The summed E-state index contributed by atoms with van der Waals surface area (Å²) in [5.41, 5.74) is -0.846. The largest absolute Gasteiger partial charge is 0.481 e. The molecule has 0 spiro atoms. The molecule has 0 aromatic rings. The van der Waals surface area contributed by atoms with Gasteiger partial charge >= 0.3 is 12.0 Å². The van der Waals surface area contributed by atoms with Gasteiger partial charge in [-0.3, -0.25) is 9.59 Å². The number of nitrogens with one attached hydrogen (secondary N) is 1. The van der Waals surface area contributed by atoms with Gasteiger partial charge < -0.3 is 20.2 Å². The van der Waals surface area contributed by atoms with Gasteiger partial charge in [-0.15, -0.1) is 0 Å². The molecule has 1 aliphatic rings. The van der Waals surface area contributed by atoms with E-state index in [2.05, 4.69) is 5.32 Å². The molecule has 0 aromatic heterocycles. The second kappa shape index (κ2) is 6.78. The number of urea groups is 1. The highest BCUT2D eigenvalue weighted by atomic mass is 16.4. The average molecular weight is 299 g/mol. The Morgan fingerprint density at radius 1 is 1.38 bits per heavy atom. The van der Waals surface area contributed by atoms with E-state index in [1.165, 1.54) is 9.80 Å². The molecule has 21 heavy (non-hydrogen) atoms. The molecule has 1 aliphatic heterocycles. The van der Waals surface area contributed by atoms with Crippen molar-refractivity contribution < 1.29 is 19.5 Å². The molecule has 7 nitrogen and oxygen atoms in total. The Balaban J connectivity index is 2.66. The van der Waals surface area contributed by atoms with Gasteiger partial charge in [0.15, 0.2) is 0 Å². The number of carbonyl (C=O) groups is 3. The second-order valence-electron chi connectivity index (χ2n) is 5.91. The fourth-order valence-corrected chi connectivity index (χ4v) is 2.74. The Labute approximate surface area is 125 Å². The number of hydrogen-bond acceptors (Lipinski definition) is 3. The summed E-state index contributed by atoms with van der Waals surface area (Å²) in [6.45, 7) is 4.16. The number of rotatable bonds is 5. The highest BCUT2D eigenvalue weighted by Gasteiger charge is 2.45. The van der Waals surface area contributed by atoms with Crippen LogP contribution in [0.3, 0.4) is 0 Å². The van der Waals surface area contributed by atoms with Crippen LogP contribution in [0, 0.1) is 5.41 Å². The first-order chi connectivity index (χ1) is 9.73. The molecule has 1 fully saturated rings. The molecule has 1 heterocycles. The maximum Gasteiger partial charge on any atom is 0.318 e. The van der Waals surface area contributed by atoms with Crippen LogP contribution in [0.2, 0.25) is 0 Å². The summed E-state index contributed by atoms with van der Waals surface area (Å²) in [4.78, 5) is 38.3. The minimum atomic E-state index is -0.850. The molecule has 0 radical (unpaired) electrons. The predicted octanol–water partition coefficient (Wildman–Crippen LogP) is 0.750. The fourth-order valence-electron chi connectivity index (χ4n) is 2.74. The van der Waals surface area contributed by atoms with Crippen LogP contribution in [0.5, 0.6) is 0 Å². The SMILES string of the molecule is CCCC1(C(=O)O)CCN(C(=O)NC(C)C(=O)N(C)C)C1. The van der Waals surface area contributed by atoms with Gasteiger partial charge in [-0.1, -0.05) is 13.3 Å². The van der Waals surface area contributed by atoms with Crippen LogP contribution in [-0.2, 0) is 9.59 Å². The molecule has 120 valence electrons. The van der Waals surface area contributed by atoms with Crippen molar-refractivity contribution in [2.24, 2.45) is 5.41 Å². The number of carboxylic acid groups (broad SMARTS) is 1. The quantitative estimate of drug-likeness (QED) is 0.784. The molecule has 7 heteroatoms. The number of likely N-dealkylation sites (N-methyl/N-ethyl adjacent to an activating group) is 1. The lowest BCUT2D eigenvalue weighted by Gasteiger charge is -2.25. The van der Waals surface area contributed by atoms with Crippen molar-refractivity contribution in [2.75, 3.05) is 27.2 Å². The van der Waals surface area contributed by atoms with Gasteiger partial charge in [-0.2, -0.15) is 0 Å². The maximum absolute atomic E-state index is 12.1. The van der Waals surface area contributed by atoms with Crippen molar-refractivity contribution in [3.8, 4) is 0 Å². The number of hydrogen-bond donors (Lipinski definition) is 2. The van der Waals surface area contributed by atoms with Gasteiger partial charge in [-0.05, 0) is 19.8 Å². The summed E-state index contributed by atoms with van der Waals surface area (Å²) in [6, 6.07) is -1.00. The van der Waals surface area contributed by atoms with Crippen LogP contribution in [0.4, 0.5) is 4.79 Å². The van der Waals surface area contributed by atoms with Gasteiger partial charge in [0, 0.05) is 27.2 Å². The lowest BCUT2D eigenvalue weighted by molar-refractivity contribution is -0.148. The number of carboxylic acids is 1. The molecule has 2 atom stereocenters. The van der Waals surface area contributed by atoms with E-state index in [4.69, 9.17) is 0 Å². The van der Waals surface area contributed by atoms with Gasteiger partial charge in [0.25, 0.3) is 0 Å². The van der Waals surface area contributed by atoms with Crippen molar-refractivity contribution in [2.45, 2.75) is 39.2 Å². The van der Waals surface area contributed by atoms with E-state index in [0.29, 0.717) is 19.4 Å². The lowest BCUT2D eigenvalue weighted by atomic mass is 9.83. The van der Waals surface area contributed by atoms with Crippen LogP contribution in [0.1, 0.15) is 33.1 Å². The Morgan fingerprint density at radius 2 is 2.00 bits per heavy atom. The number of nitrogens with zero attached hydrogens (tertiary/aromatic N) is 2. The summed E-state index contributed by atoms with van der Waals surface area (Å²) in [5, 5.41) is 12.0. The van der Waals surface area contributed by atoms with E-state index < -0.39 is 17.4 Å². The van der Waals surface area contributed by atoms with E-state index in [1.807, 2.05) is 6.92 Å². The first kappa shape index (κ1) is 17.3. The third-order valence-corrected chi connectivity index (χ3v) is 3.97. The fraction of sp³-hybridized carbons (Fsp3) is 0.786. The standard InChI is InChI=1S/C14H25N3O4/c1-5-6-14(12(19)20)7-8-17(9-14)13(21)15-10(2)11(18)16(3)4/h10H,5-9H2,1-4H3,(H,15,21)(H,19,20). The number of amides is 3. The monoisotopic (exact) mass is 299 g/mol. The van der Waals surface area contributed by atoms with Crippen LogP contribution < -0.4 is 5.32 Å². The molecule has 1 rings (SSSR count). The molecule has 2 N–H and O–H groups in total. The van der Waals surface area contributed by atoms with Crippen molar-refractivity contribution >= 4 is 17.9 Å². The first-order valence-electron chi connectivity index (χ1n) is 7.23. The van der Waals surface area contributed by atoms with Gasteiger partial charge in [0.1, 0.15) is 6.04 Å². The van der Waals surface area contributed by atoms with Gasteiger partial charge in [0.05, 0.1) is 5.41 Å². The zero-order valence-corrected chi connectivity index (χ0v) is 13.2. The van der Waals surface area contributed by atoms with Crippen LogP contribution in [0.25, 0.3) is 0 Å². The molecule has 0 aliphatic carbocycles. The van der Waals surface area contributed by atoms with E-state index in [1.54, 1.807) is 21.0 Å². The summed E-state index contributed by atoms with van der Waals surface area (Å²) < 4.78 is 0. The number of likely N-dealkylation sites (tertiary alicyclic amines) is 1. The molecular formula is C14H25N3O4. The average Bonchev–Trinajstić information content (AvgIpc) is 2.83. The van der Waals surface area contributed by atoms with Crippen molar-refractivity contribution in [3.05, 3.63) is 0 Å². The van der Waals surface area contributed by atoms with Crippen LogP contribution in [-0.4, -0.2) is 66.0 Å². The molecule has 2 unspecified atom stereocenters. The zero-order chi connectivity index (χ0) is 16.2. The summed E-state index contributed by atoms with van der Waals surface area (Å²) in [6.07, 6.45) is 1.77. The van der Waals surface area contributed by atoms with E-state index >= 15 is 0 Å². The maximum atomic E-state index is 12.1. The highest BCUT2D eigenvalue weighted by molar-refractivity contribution is 5.87. The second-order valence-corrected chi connectivity index (χ2v) is 5.91. The molecule has 3 amide bonds. The molecular weight excluding hydrogens is 274 g/mol. The van der Waals surface area contributed by atoms with Crippen LogP contribution >= 0.6 is 0 Å². The Morgan fingerprint density at radius 3 is 2.48 bits per heavy atom. The minimum absolute atomic E-state index is 0.194. The number of aliphatic carboxylic acids is 1. The first-order valence-corrected chi connectivity index (χ1v) is 7.23. The van der Waals surface area contributed by atoms with E-state index in [9.17, 15) is 19.5 Å². The topological polar surface area (TPSA) is 90.0 Å². The van der Waals surface area contributed by atoms with E-state index in [-0.39, 0.29) is 18.5 Å². The predicted molar refractivity (Wildman–Crippen MR) is 77.9 cm³/mol. The van der Waals surface area contributed by atoms with Crippen LogP contribution in [0.15, 0.2) is 0 Å². The lowest BCUT2D eigenvalue weighted by Crippen LogP contribution is -2.49. The molecule has 0 saturated carbocycles. The summed E-state index contributed by atoms with van der Waals surface area (Å²) in [5.74, 6) is -1.04. The minimum Gasteiger partial charge on any atom is -0.481 e. The summed E-state index contributed by atoms with van der Waals surface area (Å²) in [7, 11) is 3.25. The molecule has 1 saturated heterocycles. The Hall–Kier alpha value is -1.79.